The molecular formula is C48H30O. The summed E-state index contributed by atoms with van der Waals surface area (Å²) < 4.78 is 6.84. The van der Waals surface area contributed by atoms with Crippen LogP contribution in [0.15, 0.2) is 182 Å². The van der Waals surface area contributed by atoms with Gasteiger partial charge in [0.1, 0.15) is 11.5 Å². The van der Waals surface area contributed by atoms with Crippen LogP contribution in [0.5, 0.6) is 11.5 Å². The lowest BCUT2D eigenvalue weighted by Gasteiger charge is -2.25. The Morgan fingerprint density at radius 1 is 0.306 bits per heavy atom. The lowest BCUT2D eigenvalue weighted by Crippen LogP contribution is -2.00. The number of rotatable bonds is 4. The molecule has 1 heteroatoms. The van der Waals surface area contributed by atoms with Gasteiger partial charge in [-0.1, -0.05) is 170 Å². The molecule has 10 rings (SSSR count). The number of hydrogen-bond acceptors (Lipinski definition) is 1. The molecule has 0 saturated heterocycles. The van der Waals surface area contributed by atoms with E-state index in [0.29, 0.717) is 0 Å². The van der Waals surface area contributed by atoms with E-state index in [1.54, 1.807) is 0 Å². The second kappa shape index (κ2) is 11.1. The Kier molecular flexibility index (Phi) is 6.25. The predicted molar refractivity (Wildman–Crippen MR) is 206 cm³/mol. The third-order valence-corrected chi connectivity index (χ3v) is 10.1. The van der Waals surface area contributed by atoms with Crippen LogP contribution in [0, 0.1) is 0 Å². The van der Waals surface area contributed by atoms with E-state index in [1.165, 1.54) is 76.8 Å². The van der Waals surface area contributed by atoms with E-state index < -0.39 is 0 Å². The monoisotopic (exact) mass is 622 g/mol. The average molecular weight is 623 g/mol. The van der Waals surface area contributed by atoms with E-state index in [1.807, 2.05) is 0 Å². The summed E-state index contributed by atoms with van der Waals surface area (Å²) in [6.07, 6.45) is 0. The fourth-order valence-electron chi connectivity index (χ4n) is 7.85. The van der Waals surface area contributed by atoms with Crippen molar-refractivity contribution in [2.24, 2.45) is 0 Å². The molecule has 0 saturated carbocycles. The Balaban J connectivity index is 1.15. The lowest BCUT2D eigenvalue weighted by molar-refractivity contribution is 0.489. The Morgan fingerprint density at radius 3 is 1.49 bits per heavy atom. The molecule has 9 aromatic carbocycles. The summed E-state index contributed by atoms with van der Waals surface area (Å²) in [7, 11) is 0. The highest BCUT2D eigenvalue weighted by atomic mass is 16.5. The van der Waals surface area contributed by atoms with Crippen LogP contribution in [0.2, 0.25) is 0 Å². The second-order valence-corrected chi connectivity index (χ2v) is 12.8. The first-order valence-corrected chi connectivity index (χ1v) is 16.8. The molecule has 0 spiro atoms. The number of benzene rings is 9. The first-order chi connectivity index (χ1) is 24.3. The molecular weight excluding hydrogens is 593 g/mol. The van der Waals surface area contributed by atoms with Gasteiger partial charge in [0, 0.05) is 22.1 Å². The van der Waals surface area contributed by atoms with Gasteiger partial charge in [0.2, 0.25) is 0 Å². The van der Waals surface area contributed by atoms with E-state index in [9.17, 15) is 0 Å². The van der Waals surface area contributed by atoms with E-state index in [4.69, 9.17) is 4.74 Å². The Bertz CT molecular complexity index is 2660. The van der Waals surface area contributed by atoms with Crippen molar-refractivity contribution in [2.45, 2.75) is 0 Å². The minimum Gasteiger partial charge on any atom is -0.455 e. The summed E-state index contributed by atoms with van der Waals surface area (Å²) in [5.41, 5.74) is 12.0. The molecule has 0 aliphatic carbocycles. The quantitative estimate of drug-likeness (QED) is 0.177. The van der Waals surface area contributed by atoms with Crippen molar-refractivity contribution in [3.05, 3.63) is 182 Å². The van der Waals surface area contributed by atoms with Crippen LogP contribution in [0.1, 0.15) is 0 Å². The molecule has 0 fully saturated rings. The number of ether oxygens (including phenoxy) is 1. The zero-order valence-electron chi connectivity index (χ0n) is 26.7. The van der Waals surface area contributed by atoms with Gasteiger partial charge >= 0.3 is 0 Å². The van der Waals surface area contributed by atoms with Gasteiger partial charge in [-0.3, -0.25) is 0 Å². The highest BCUT2D eigenvalue weighted by Gasteiger charge is 2.25. The van der Waals surface area contributed by atoms with Crippen molar-refractivity contribution >= 4 is 32.3 Å². The van der Waals surface area contributed by atoms with E-state index in [0.717, 1.165) is 22.6 Å². The van der Waals surface area contributed by atoms with Crippen LogP contribution in [0.4, 0.5) is 0 Å². The third-order valence-electron chi connectivity index (χ3n) is 10.1. The summed E-state index contributed by atoms with van der Waals surface area (Å²) in [6, 6.07) is 65.6. The molecule has 0 bridgehead atoms. The first-order valence-electron chi connectivity index (χ1n) is 16.8. The van der Waals surface area contributed by atoms with E-state index in [2.05, 4.69) is 182 Å². The standard InChI is InChI=1S/C48H30O/c1-2-12-31(13-3-1)35-16-8-17-36(30-35)32-26-28-34(29-27-32)45-37-18-4-6-20-39(37)47(40-21-7-5-19-38(40)45)43-24-11-23-42-41-22-9-14-33-15-10-25-44(46(33)41)49-48(42)43/h1-30H. The molecule has 228 valence electrons. The number of fused-ring (bicyclic) bond motifs is 4. The first kappa shape index (κ1) is 27.7. The molecule has 1 aliphatic rings. The number of para-hydroxylation sites is 1. The van der Waals surface area contributed by atoms with Gasteiger partial charge in [0.25, 0.3) is 0 Å². The summed E-state index contributed by atoms with van der Waals surface area (Å²) in [4.78, 5) is 0. The van der Waals surface area contributed by atoms with Crippen LogP contribution in [0.3, 0.4) is 0 Å². The maximum Gasteiger partial charge on any atom is 0.143 e. The molecule has 0 unspecified atom stereocenters. The highest BCUT2D eigenvalue weighted by Crippen LogP contribution is 2.53. The van der Waals surface area contributed by atoms with E-state index >= 15 is 0 Å². The summed E-state index contributed by atoms with van der Waals surface area (Å²) in [5, 5.41) is 7.25. The summed E-state index contributed by atoms with van der Waals surface area (Å²) in [6.45, 7) is 0. The Labute approximate surface area is 285 Å². The normalized spacial score (nSPS) is 11.8. The van der Waals surface area contributed by atoms with Crippen LogP contribution < -0.4 is 4.74 Å². The van der Waals surface area contributed by atoms with Crippen LogP contribution >= 0.6 is 0 Å². The fourth-order valence-corrected chi connectivity index (χ4v) is 7.85. The molecule has 0 aromatic heterocycles. The molecule has 1 heterocycles. The lowest BCUT2D eigenvalue weighted by atomic mass is 9.84. The van der Waals surface area contributed by atoms with Gasteiger partial charge in [0.05, 0.1) is 0 Å². The molecule has 0 atom stereocenters. The molecule has 0 amide bonds. The van der Waals surface area contributed by atoms with Crippen LogP contribution in [-0.2, 0) is 0 Å². The zero-order chi connectivity index (χ0) is 32.3. The van der Waals surface area contributed by atoms with Gasteiger partial charge in [-0.05, 0) is 78.0 Å². The highest BCUT2D eigenvalue weighted by molar-refractivity contribution is 6.22. The van der Waals surface area contributed by atoms with Crippen molar-refractivity contribution < 1.29 is 4.74 Å². The van der Waals surface area contributed by atoms with Gasteiger partial charge in [-0.15, -0.1) is 0 Å². The fraction of sp³-hybridized carbons (Fsp3) is 0. The van der Waals surface area contributed by atoms with Crippen molar-refractivity contribution in [3.63, 3.8) is 0 Å². The van der Waals surface area contributed by atoms with Crippen LogP contribution in [-0.4, -0.2) is 0 Å². The SMILES string of the molecule is c1ccc(-c2cccc(-c3ccc(-c4c5ccccc5c(-c5cccc6c5Oc5cccc7cccc-6c57)c5ccccc45)cc3)c2)cc1. The summed E-state index contributed by atoms with van der Waals surface area (Å²) >= 11 is 0. The van der Waals surface area contributed by atoms with Crippen molar-refractivity contribution in [1.29, 1.82) is 0 Å². The maximum atomic E-state index is 6.84. The van der Waals surface area contributed by atoms with Crippen molar-refractivity contribution in [2.75, 3.05) is 0 Å². The van der Waals surface area contributed by atoms with Gasteiger partial charge in [-0.25, -0.2) is 0 Å². The third kappa shape index (κ3) is 4.40. The molecule has 0 radical (unpaired) electrons. The van der Waals surface area contributed by atoms with Crippen LogP contribution in [0.25, 0.3) is 88.0 Å². The van der Waals surface area contributed by atoms with Gasteiger partial charge in [-0.2, -0.15) is 0 Å². The molecule has 0 N–H and O–H groups in total. The van der Waals surface area contributed by atoms with Crippen molar-refractivity contribution in [1.82, 2.24) is 0 Å². The zero-order valence-corrected chi connectivity index (χ0v) is 26.7. The Morgan fingerprint density at radius 2 is 0.796 bits per heavy atom. The minimum absolute atomic E-state index is 0.910. The maximum absolute atomic E-state index is 6.84. The smallest absolute Gasteiger partial charge is 0.143 e. The largest absolute Gasteiger partial charge is 0.455 e. The Hall–Kier alpha value is -6.44. The van der Waals surface area contributed by atoms with Gasteiger partial charge in [0.15, 0.2) is 0 Å². The predicted octanol–water partition coefficient (Wildman–Crippen LogP) is 13.6. The number of hydrogen-bond donors (Lipinski definition) is 0. The van der Waals surface area contributed by atoms with E-state index in [-0.39, 0.29) is 0 Å². The second-order valence-electron chi connectivity index (χ2n) is 12.8. The molecule has 9 aromatic rings. The minimum atomic E-state index is 0.910. The topological polar surface area (TPSA) is 9.23 Å². The molecule has 49 heavy (non-hydrogen) atoms. The average Bonchev–Trinajstić information content (AvgIpc) is 3.17. The molecule has 1 nitrogen and oxygen atoms in total. The van der Waals surface area contributed by atoms with Crippen molar-refractivity contribution in [3.8, 4) is 67.1 Å². The van der Waals surface area contributed by atoms with Gasteiger partial charge < -0.3 is 4.74 Å². The molecule has 1 aliphatic heterocycles. The summed E-state index contributed by atoms with van der Waals surface area (Å²) in [5.74, 6) is 1.83.